The molecule has 0 atom stereocenters. The van der Waals surface area contributed by atoms with E-state index in [4.69, 9.17) is 18.5 Å². The highest BCUT2D eigenvalue weighted by Gasteiger charge is 2.19. The second-order valence-corrected chi connectivity index (χ2v) is 7.09. The monoisotopic (exact) mass is 405 g/mol. The molecule has 0 bridgehead atoms. The number of benzene rings is 2. The number of nitrogens with zero attached hydrogens (tertiary/aromatic N) is 1. The Bertz CT molecular complexity index is 1120. The highest BCUT2D eigenvalue weighted by atomic mass is 32.3. The number of hydrogen-bond acceptors (Lipinski definition) is 7. The van der Waals surface area contributed by atoms with Crippen LogP contribution in [0.5, 0.6) is 17.2 Å². The third-order valence-electron chi connectivity index (χ3n) is 4.34. The van der Waals surface area contributed by atoms with E-state index in [1.165, 1.54) is 25.4 Å². The van der Waals surface area contributed by atoms with Gasteiger partial charge in [0.25, 0.3) is 0 Å². The van der Waals surface area contributed by atoms with Gasteiger partial charge in [0.05, 0.1) is 20.4 Å². The molecule has 0 spiro atoms. The van der Waals surface area contributed by atoms with Crippen molar-refractivity contribution in [2.75, 3.05) is 14.2 Å². The normalized spacial score (nSPS) is 11.3. The van der Waals surface area contributed by atoms with E-state index in [0.717, 1.165) is 16.7 Å². The van der Waals surface area contributed by atoms with Crippen LogP contribution in [0.4, 0.5) is 0 Å². The van der Waals surface area contributed by atoms with Crippen molar-refractivity contribution in [3.8, 4) is 39.7 Å². The SMILES string of the molecule is COc1ccc(-c2cnoc2-c2cc(C)c(C)c(OC)c2)cc1OS(=O)(=O)O. The largest absolute Gasteiger partial charge is 0.496 e. The Morgan fingerprint density at radius 2 is 1.64 bits per heavy atom. The molecule has 0 unspecified atom stereocenters. The van der Waals surface area contributed by atoms with Crippen molar-refractivity contribution in [1.29, 1.82) is 0 Å². The predicted molar refractivity (Wildman–Crippen MR) is 102 cm³/mol. The summed E-state index contributed by atoms with van der Waals surface area (Å²) in [5.41, 5.74) is 3.95. The highest BCUT2D eigenvalue weighted by molar-refractivity contribution is 7.81. The van der Waals surface area contributed by atoms with Gasteiger partial charge in [-0.05, 0) is 54.8 Å². The molecule has 1 aromatic heterocycles. The molecule has 0 saturated heterocycles. The summed E-state index contributed by atoms with van der Waals surface area (Å²) in [4.78, 5) is 0. The van der Waals surface area contributed by atoms with Crippen LogP contribution in [-0.2, 0) is 10.4 Å². The fourth-order valence-electron chi connectivity index (χ4n) is 2.85. The Kier molecular flexibility index (Phi) is 5.30. The molecule has 1 heterocycles. The fourth-order valence-corrected chi connectivity index (χ4v) is 3.20. The predicted octanol–water partition coefficient (Wildman–Crippen LogP) is 3.82. The highest BCUT2D eigenvalue weighted by Crippen LogP contribution is 2.39. The zero-order valence-electron chi connectivity index (χ0n) is 15.7. The first-order chi connectivity index (χ1) is 13.2. The van der Waals surface area contributed by atoms with Crippen molar-refractivity contribution in [1.82, 2.24) is 5.16 Å². The van der Waals surface area contributed by atoms with E-state index in [2.05, 4.69) is 9.34 Å². The van der Waals surface area contributed by atoms with Gasteiger partial charge in [0.1, 0.15) is 5.75 Å². The third kappa shape index (κ3) is 3.95. The van der Waals surface area contributed by atoms with Crippen LogP contribution in [0.2, 0.25) is 0 Å². The van der Waals surface area contributed by atoms with Crippen molar-refractivity contribution >= 4 is 10.4 Å². The number of aromatic nitrogens is 1. The molecule has 0 aliphatic rings. The molecule has 8 nitrogen and oxygen atoms in total. The van der Waals surface area contributed by atoms with Gasteiger partial charge in [0, 0.05) is 11.1 Å². The van der Waals surface area contributed by atoms with Crippen molar-refractivity contribution < 1.29 is 31.2 Å². The maximum atomic E-state index is 11.1. The van der Waals surface area contributed by atoms with Gasteiger partial charge >= 0.3 is 10.4 Å². The Morgan fingerprint density at radius 3 is 2.29 bits per heavy atom. The standard InChI is InChI=1S/C19H19NO7S/c1-11-7-14(9-17(25-4)12(11)2)19-15(10-20-26-19)13-5-6-16(24-3)18(8-13)27-28(21,22)23/h5-10H,1-4H3,(H,21,22,23). The number of aryl methyl sites for hydroxylation is 1. The number of methoxy groups -OCH3 is 2. The first-order valence-corrected chi connectivity index (χ1v) is 9.55. The Balaban J connectivity index is 2.12. The average molecular weight is 405 g/mol. The first kappa shape index (κ1) is 19.7. The van der Waals surface area contributed by atoms with Crippen LogP contribution in [0.3, 0.4) is 0 Å². The molecule has 0 aliphatic heterocycles. The summed E-state index contributed by atoms with van der Waals surface area (Å²) >= 11 is 0. The molecule has 2 aromatic carbocycles. The van der Waals surface area contributed by atoms with E-state index in [1.54, 1.807) is 13.2 Å². The Hall–Kier alpha value is -3.04. The van der Waals surface area contributed by atoms with Crippen LogP contribution in [0.25, 0.3) is 22.5 Å². The fraction of sp³-hybridized carbons (Fsp3) is 0.211. The second-order valence-electron chi connectivity index (χ2n) is 6.07. The van der Waals surface area contributed by atoms with E-state index in [0.29, 0.717) is 22.6 Å². The van der Waals surface area contributed by atoms with Crippen molar-refractivity contribution in [3.63, 3.8) is 0 Å². The second kappa shape index (κ2) is 7.53. The molecule has 148 valence electrons. The Labute approximate surface area is 162 Å². The maximum absolute atomic E-state index is 11.1. The van der Waals surface area contributed by atoms with E-state index < -0.39 is 10.4 Å². The van der Waals surface area contributed by atoms with Crippen LogP contribution < -0.4 is 13.7 Å². The van der Waals surface area contributed by atoms with E-state index in [9.17, 15) is 8.42 Å². The zero-order valence-corrected chi connectivity index (χ0v) is 16.5. The molecule has 3 rings (SSSR count). The summed E-state index contributed by atoms with van der Waals surface area (Å²) in [6.07, 6.45) is 1.51. The quantitative estimate of drug-likeness (QED) is 0.617. The van der Waals surface area contributed by atoms with Gasteiger partial charge in [-0.3, -0.25) is 4.55 Å². The lowest BCUT2D eigenvalue weighted by atomic mass is 9.98. The lowest BCUT2D eigenvalue weighted by Gasteiger charge is -2.12. The lowest BCUT2D eigenvalue weighted by Crippen LogP contribution is -2.07. The summed E-state index contributed by atoms with van der Waals surface area (Å²) < 4.78 is 51.8. The molecule has 0 saturated carbocycles. The molecular weight excluding hydrogens is 386 g/mol. The van der Waals surface area contributed by atoms with Gasteiger partial charge in [0.15, 0.2) is 17.3 Å². The average Bonchev–Trinajstić information content (AvgIpc) is 3.12. The first-order valence-electron chi connectivity index (χ1n) is 8.19. The molecule has 0 amide bonds. The minimum Gasteiger partial charge on any atom is -0.496 e. The maximum Gasteiger partial charge on any atom is 0.446 e. The number of ether oxygens (including phenoxy) is 2. The molecule has 9 heteroatoms. The van der Waals surface area contributed by atoms with Crippen LogP contribution in [0.1, 0.15) is 11.1 Å². The molecule has 3 aromatic rings. The number of hydrogen-bond donors (Lipinski definition) is 1. The summed E-state index contributed by atoms with van der Waals surface area (Å²) in [5, 5.41) is 3.87. The van der Waals surface area contributed by atoms with E-state index in [-0.39, 0.29) is 11.5 Å². The minimum absolute atomic E-state index is 0.146. The molecule has 0 radical (unpaired) electrons. The molecular formula is C19H19NO7S. The van der Waals surface area contributed by atoms with Crippen LogP contribution in [-0.4, -0.2) is 32.3 Å². The zero-order chi connectivity index (χ0) is 20.5. The van der Waals surface area contributed by atoms with Gasteiger partial charge in [-0.15, -0.1) is 0 Å². The molecule has 0 aliphatic carbocycles. The summed E-state index contributed by atoms with van der Waals surface area (Å²) in [6.45, 7) is 3.92. The summed E-state index contributed by atoms with van der Waals surface area (Å²) in [6, 6.07) is 8.42. The van der Waals surface area contributed by atoms with Gasteiger partial charge < -0.3 is 18.2 Å². The Morgan fingerprint density at radius 1 is 0.964 bits per heavy atom. The van der Waals surface area contributed by atoms with E-state index >= 15 is 0 Å². The van der Waals surface area contributed by atoms with Crippen LogP contribution >= 0.6 is 0 Å². The van der Waals surface area contributed by atoms with E-state index in [1.807, 2.05) is 26.0 Å². The van der Waals surface area contributed by atoms with Crippen molar-refractivity contribution in [3.05, 3.63) is 47.7 Å². The van der Waals surface area contributed by atoms with Crippen molar-refractivity contribution in [2.45, 2.75) is 13.8 Å². The van der Waals surface area contributed by atoms with Gasteiger partial charge in [0.2, 0.25) is 0 Å². The van der Waals surface area contributed by atoms with Crippen LogP contribution in [0, 0.1) is 13.8 Å². The van der Waals surface area contributed by atoms with Crippen molar-refractivity contribution in [2.24, 2.45) is 0 Å². The third-order valence-corrected chi connectivity index (χ3v) is 4.73. The number of rotatable bonds is 6. The molecule has 0 fully saturated rings. The van der Waals surface area contributed by atoms with Gasteiger partial charge in [-0.25, -0.2) is 0 Å². The lowest BCUT2D eigenvalue weighted by molar-refractivity contribution is 0.360. The smallest absolute Gasteiger partial charge is 0.446 e. The van der Waals surface area contributed by atoms with Gasteiger partial charge in [-0.1, -0.05) is 11.2 Å². The topological polar surface area (TPSA) is 108 Å². The summed E-state index contributed by atoms with van der Waals surface area (Å²) in [5.74, 6) is 1.17. The summed E-state index contributed by atoms with van der Waals surface area (Å²) in [7, 11) is -1.76. The molecule has 1 N–H and O–H groups in total. The van der Waals surface area contributed by atoms with Crippen LogP contribution in [0.15, 0.2) is 41.1 Å². The van der Waals surface area contributed by atoms with Gasteiger partial charge in [-0.2, -0.15) is 8.42 Å². The minimum atomic E-state index is -4.71. The molecule has 28 heavy (non-hydrogen) atoms.